The van der Waals surface area contributed by atoms with Crippen molar-refractivity contribution in [3.8, 4) is 0 Å². The number of halogens is 1. The van der Waals surface area contributed by atoms with Gasteiger partial charge >= 0.3 is 0 Å². The highest BCUT2D eigenvalue weighted by atomic mass is 35.5. The van der Waals surface area contributed by atoms with Crippen molar-refractivity contribution in [2.75, 3.05) is 0 Å². The van der Waals surface area contributed by atoms with Gasteiger partial charge in [0.1, 0.15) is 0 Å². The Kier molecular flexibility index (Phi) is 4.51. The molecule has 6 heteroatoms. The molecular formula is C19H16ClN3OS. The average Bonchev–Trinajstić information content (AvgIpc) is 3.15. The third kappa shape index (κ3) is 3.57. The molecule has 0 fully saturated rings. The van der Waals surface area contributed by atoms with Crippen molar-refractivity contribution in [1.29, 1.82) is 0 Å². The molecule has 0 bridgehead atoms. The number of hydrogen-bond acceptors (Lipinski definition) is 4. The minimum absolute atomic E-state index is 0.0757. The van der Waals surface area contributed by atoms with Crippen LogP contribution in [0.25, 0.3) is 23.2 Å². The molecule has 1 aliphatic carbocycles. The van der Waals surface area contributed by atoms with E-state index in [9.17, 15) is 4.79 Å². The Morgan fingerprint density at radius 3 is 2.76 bits per heavy atom. The second kappa shape index (κ2) is 6.94. The van der Waals surface area contributed by atoms with Crippen molar-refractivity contribution in [3.63, 3.8) is 0 Å². The highest BCUT2D eigenvalue weighted by molar-refractivity contribution is 7.15. The van der Waals surface area contributed by atoms with Crippen LogP contribution in [0.1, 0.15) is 30.7 Å². The molecule has 2 aromatic heterocycles. The lowest BCUT2D eigenvalue weighted by Gasteiger charge is -2.11. The number of nitrogens with zero attached hydrogens (tertiary/aromatic N) is 3. The van der Waals surface area contributed by atoms with Gasteiger partial charge in [0.25, 0.3) is 5.56 Å². The molecule has 3 aromatic rings. The number of rotatable bonds is 3. The Morgan fingerprint density at radius 2 is 2.04 bits per heavy atom. The van der Waals surface area contributed by atoms with Gasteiger partial charge in [-0.15, -0.1) is 5.10 Å². The van der Waals surface area contributed by atoms with E-state index in [1.54, 1.807) is 6.08 Å². The van der Waals surface area contributed by atoms with Crippen molar-refractivity contribution in [3.05, 3.63) is 67.7 Å². The molecule has 1 aromatic carbocycles. The number of fused-ring (bicyclic) bond motifs is 1. The lowest BCUT2D eigenvalue weighted by atomic mass is 9.94. The molecule has 0 saturated heterocycles. The van der Waals surface area contributed by atoms with Crippen LogP contribution in [0.4, 0.5) is 0 Å². The van der Waals surface area contributed by atoms with Crippen LogP contribution in [0.3, 0.4) is 0 Å². The number of hydrogen-bond donors (Lipinski definition) is 0. The maximum Gasteiger partial charge on any atom is 0.290 e. The zero-order chi connectivity index (χ0) is 17.2. The fraction of sp³-hybridized carbons (Fsp3) is 0.211. The van der Waals surface area contributed by atoms with Crippen LogP contribution in [0.2, 0.25) is 5.02 Å². The minimum atomic E-state index is -0.0757. The topological polar surface area (TPSA) is 47.3 Å². The van der Waals surface area contributed by atoms with Gasteiger partial charge in [-0.25, -0.2) is 0 Å². The van der Waals surface area contributed by atoms with Crippen molar-refractivity contribution < 1.29 is 0 Å². The molecule has 1 aliphatic rings. The monoisotopic (exact) mass is 369 g/mol. The van der Waals surface area contributed by atoms with E-state index in [1.807, 2.05) is 30.3 Å². The van der Waals surface area contributed by atoms with Crippen LogP contribution in [0.15, 0.2) is 41.2 Å². The summed E-state index contributed by atoms with van der Waals surface area (Å²) in [6.45, 7) is 0. The van der Waals surface area contributed by atoms with Crippen LogP contribution in [0.5, 0.6) is 0 Å². The minimum Gasteiger partial charge on any atom is -0.266 e. The lowest BCUT2D eigenvalue weighted by Crippen LogP contribution is -2.25. The Labute approximate surface area is 153 Å². The Balaban J connectivity index is 1.61. The summed E-state index contributed by atoms with van der Waals surface area (Å²) in [6.07, 6.45) is 13.3. The summed E-state index contributed by atoms with van der Waals surface area (Å²) in [5.74, 6) is 0.968. The van der Waals surface area contributed by atoms with Crippen LogP contribution in [-0.2, 0) is 0 Å². The summed E-state index contributed by atoms with van der Waals surface area (Å²) in [5, 5.41) is 5.02. The zero-order valence-electron chi connectivity index (χ0n) is 13.4. The van der Waals surface area contributed by atoms with E-state index >= 15 is 0 Å². The zero-order valence-corrected chi connectivity index (χ0v) is 15.0. The molecule has 2 heterocycles. The fourth-order valence-electron chi connectivity index (χ4n) is 2.86. The van der Waals surface area contributed by atoms with Gasteiger partial charge in [-0.2, -0.15) is 9.50 Å². The third-order valence-corrected chi connectivity index (χ3v) is 5.42. The predicted octanol–water partition coefficient (Wildman–Crippen LogP) is 3.83. The molecule has 0 saturated carbocycles. The van der Waals surface area contributed by atoms with E-state index in [0.717, 1.165) is 29.4 Å². The van der Waals surface area contributed by atoms with Gasteiger partial charge in [0, 0.05) is 5.02 Å². The summed E-state index contributed by atoms with van der Waals surface area (Å²) in [4.78, 5) is 17.6. The van der Waals surface area contributed by atoms with Crippen molar-refractivity contribution in [2.45, 2.75) is 19.3 Å². The summed E-state index contributed by atoms with van der Waals surface area (Å²) in [6, 6.07) is 7.50. The molecule has 0 radical (unpaired) electrons. The maximum absolute atomic E-state index is 12.5. The largest absolute Gasteiger partial charge is 0.290 e. The molecule has 0 spiro atoms. The van der Waals surface area contributed by atoms with E-state index in [1.165, 1.54) is 15.9 Å². The molecule has 25 heavy (non-hydrogen) atoms. The molecule has 1 atom stereocenters. The van der Waals surface area contributed by atoms with Crippen molar-refractivity contribution in [2.24, 2.45) is 5.92 Å². The predicted molar refractivity (Wildman–Crippen MR) is 104 cm³/mol. The standard InChI is InChI=1S/C19H16ClN3OS/c20-15-9-6-13(7-10-15)8-11-17-21-19-23(22-17)18(24)16(25-19)12-14-4-2-1-3-5-14/h1-2,6-12,14H,3-5H2. The molecule has 4 nitrogen and oxygen atoms in total. The molecule has 4 rings (SSSR count). The molecule has 0 aliphatic heterocycles. The fourth-order valence-corrected chi connectivity index (χ4v) is 3.97. The van der Waals surface area contributed by atoms with E-state index < -0.39 is 0 Å². The molecule has 126 valence electrons. The quantitative estimate of drug-likeness (QED) is 0.659. The molecular weight excluding hydrogens is 354 g/mol. The first kappa shape index (κ1) is 16.2. The Morgan fingerprint density at radius 1 is 1.20 bits per heavy atom. The first-order valence-corrected chi connectivity index (χ1v) is 9.38. The van der Waals surface area contributed by atoms with Gasteiger partial charge in [0.05, 0.1) is 4.53 Å². The average molecular weight is 370 g/mol. The van der Waals surface area contributed by atoms with Crippen molar-refractivity contribution in [1.82, 2.24) is 14.6 Å². The van der Waals surface area contributed by atoms with Gasteiger partial charge in [-0.05, 0) is 49.0 Å². The second-order valence-electron chi connectivity index (χ2n) is 6.03. The Hall–Kier alpha value is -2.24. The van der Waals surface area contributed by atoms with Crippen LogP contribution in [-0.4, -0.2) is 14.6 Å². The highest BCUT2D eigenvalue weighted by Crippen LogP contribution is 2.19. The highest BCUT2D eigenvalue weighted by Gasteiger charge is 2.12. The van der Waals surface area contributed by atoms with Gasteiger partial charge in [-0.1, -0.05) is 59.4 Å². The molecule has 1 unspecified atom stereocenters. The number of allylic oxidation sites excluding steroid dienone is 2. The smallest absolute Gasteiger partial charge is 0.266 e. The maximum atomic E-state index is 12.5. The summed E-state index contributed by atoms with van der Waals surface area (Å²) < 4.78 is 2.14. The summed E-state index contributed by atoms with van der Waals surface area (Å²) in [5.41, 5.74) is 0.928. The summed E-state index contributed by atoms with van der Waals surface area (Å²) >= 11 is 7.29. The van der Waals surface area contributed by atoms with E-state index in [4.69, 9.17) is 11.6 Å². The van der Waals surface area contributed by atoms with Gasteiger partial charge in [0.2, 0.25) is 4.96 Å². The van der Waals surface area contributed by atoms with Gasteiger partial charge < -0.3 is 0 Å². The second-order valence-corrected chi connectivity index (χ2v) is 7.48. The number of thiazole rings is 1. The van der Waals surface area contributed by atoms with Crippen molar-refractivity contribution >= 4 is 46.1 Å². The van der Waals surface area contributed by atoms with Crippen LogP contribution in [0, 0.1) is 5.92 Å². The van der Waals surface area contributed by atoms with Crippen LogP contribution < -0.4 is 10.1 Å². The van der Waals surface area contributed by atoms with E-state index in [2.05, 4.69) is 28.3 Å². The summed E-state index contributed by atoms with van der Waals surface area (Å²) in [7, 11) is 0. The van der Waals surface area contributed by atoms with E-state index in [-0.39, 0.29) is 5.56 Å². The molecule has 0 amide bonds. The number of benzene rings is 1. The Bertz CT molecular complexity index is 1060. The number of aromatic nitrogens is 3. The van der Waals surface area contributed by atoms with Crippen LogP contribution >= 0.6 is 22.9 Å². The first-order valence-electron chi connectivity index (χ1n) is 8.19. The lowest BCUT2D eigenvalue weighted by molar-refractivity contribution is 0.612. The molecule has 0 N–H and O–H groups in total. The van der Waals surface area contributed by atoms with Gasteiger partial charge in [0.15, 0.2) is 5.82 Å². The van der Waals surface area contributed by atoms with E-state index in [0.29, 0.717) is 21.7 Å². The first-order chi connectivity index (χ1) is 12.2. The van der Waals surface area contributed by atoms with Gasteiger partial charge in [-0.3, -0.25) is 4.79 Å². The SMILES string of the molecule is O=c1c(=CC2CC=CCC2)sc2nc(C=Cc3ccc(Cl)cc3)nn12. The third-order valence-electron chi connectivity index (χ3n) is 4.19. The normalized spacial score (nSPS) is 18.6.